The Morgan fingerprint density at radius 2 is 0.983 bits per heavy atom. The predicted octanol–water partition coefficient (Wildman–Crippen LogP) is 12.7. The molecule has 0 aliphatic carbocycles. The summed E-state index contributed by atoms with van der Waals surface area (Å²) >= 11 is 0. The van der Waals surface area contributed by atoms with Crippen molar-refractivity contribution in [3.05, 3.63) is 200 Å². The third-order valence-corrected chi connectivity index (χ3v) is 15.3. The number of hydrogen-bond donors (Lipinski definition) is 0. The van der Waals surface area contributed by atoms with Crippen LogP contribution in [0.15, 0.2) is 200 Å². The van der Waals surface area contributed by atoms with Crippen molar-refractivity contribution in [1.82, 2.24) is 14.5 Å². The van der Waals surface area contributed by atoms with Crippen LogP contribution in [0.2, 0.25) is 13.1 Å². The summed E-state index contributed by atoms with van der Waals surface area (Å²) in [5, 5.41) is 5.12. The van der Waals surface area contributed by atoms with Crippen LogP contribution in [0.25, 0.3) is 94.6 Å². The van der Waals surface area contributed by atoms with Crippen molar-refractivity contribution in [3.8, 4) is 72.8 Å². The molecule has 0 saturated carbocycles. The summed E-state index contributed by atoms with van der Waals surface area (Å²) < 4.78 is 2.41. The van der Waals surface area contributed by atoms with Crippen LogP contribution >= 0.6 is 0 Å². The van der Waals surface area contributed by atoms with Gasteiger partial charge < -0.3 is 4.57 Å². The molecule has 0 amide bonds. The molecule has 4 heteroatoms. The predicted molar refractivity (Wildman–Crippen MR) is 246 cm³/mol. The molecule has 3 heterocycles. The number of nitrogens with zero attached hydrogens (tertiary/aromatic N) is 3. The molecule has 0 spiro atoms. The molecule has 0 fully saturated rings. The zero-order chi connectivity index (χ0) is 38.8. The van der Waals surface area contributed by atoms with Crippen LogP contribution in [-0.2, 0) is 0 Å². The van der Waals surface area contributed by atoms with Crippen LogP contribution in [0.4, 0.5) is 0 Å². The van der Waals surface area contributed by atoms with Crippen molar-refractivity contribution >= 4 is 40.4 Å². The first kappa shape index (κ1) is 34.1. The maximum Gasteiger partial charge on any atom is 0.159 e. The molecular formula is C54H39N3Si. The average molecular weight is 758 g/mol. The van der Waals surface area contributed by atoms with Crippen molar-refractivity contribution in [1.29, 1.82) is 0 Å². The van der Waals surface area contributed by atoms with E-state index in [2.05, 4.69) is 212 Å². The summed E-state index contributed by atoms with van der Waals surface area (Å²) in [6.07, 6.45) is 0. The average Bonchev–Trinajstić information content (AvgIpc) is 3.75. The Balaban J connectivity index is 1.08. The van der Waals surface area contributed by atoms with Crippen molar-refractivity contribution in [2.45, 2.75) is 13.1 Å². The van der Waals surface area contributed by atoms with E-state index in [1.165, 1.54) is 65.7 Å². The molecule has 10 aromatic rings. The first-order valence-electron chi connectivity index (χ1n) is 20.0. The largest absolute Gasteiger partial charge is 0.309 e. The van der Waals surface area contributed by atoms with E-state index in [4.69, 9.17) is 9.97 Å². The van der Waals surface area contributed by atoms with Gasteiger partial charge in [-0.25, -0.2) is 9.97 Å². The number of hydrogen-bond acceptors (Lipinski definition) is 2. The molecular weight excluding hydrogens is 719 g/mol. The molecule has 0 atom stereocenters. The number of para-hydroxylation sites is 1. The van der Waals surface area contributed by atoms with E-state index < -0.39 is 8.07 Å². The second kappa shape index (κ2) is 13.5. The molecule has 8 aromatic carbocycles. The highest BCUT2D eigenvalue weighted by molar-refractivity contribution is 7.03. The second-order valence-corrected chi connectivity index (χ2v) is 20.0. The van der Waals surface area contributed by atoms with Crippen LogP contribution in [0.3, 0.4) is 0 Å². The molecule has 3 nitrogen and oxygen atoms in total. The summed E-state index contributed by atoms with van der Waals surface area (Å²) in [6.45, 7) is 4.84. The SMILES string of the molecule is C[Si]1(C)c2ccccc2-c2c(-c3cccc(-c4cccc(-c5cccc6c5c5cc(-c7ccccc7)ccc5n6-c5ccccc5)c4)c3)nc(-c3ccccc3)nc21. The van der Waals surface area contributed by atoms with Crippen LogP contribution in [-0.4, -0.2) is 22.6 Å². The van der Waals surface area contributed by atoms with E-state index in [9.17, 15) is 0 Å². The molecule has 1 aliphatic heterocycles. The highest BCUT2D eigenvalue weighted by Crippen LogP contribution is 2.42. The molecule has 274 valence electrons. The lowest BCUT2D eigenvalue weighted by Gasteiger charge is -2.19. The molecule has 2 aromatic heterocycles. The Morgan fingerprint density at radius 3 is 1.74 bits per heavy atom. The van der Waals surface area contributed by atoms with Gasteiger partial charge in [0.25, 0.3) is 0 Å². The molecule has 0 radical (unpaired) electrons. The zero-order valence-electron chi connectivity index (χ0n) is 32.4. The second-order valence-electron chi connectivity index (χ2n) is 15.8. The van der Waals surface area contributed by atoms with E-state index in [1.54, 1.807) is 0 Å². The topological polar surface area (TPSA) is 30.7 Å². The van der Waals surface area contributed by atoms with Crippen molar-refractivity contribution in [2.24, 2.45) is 0 Å². The fraction of sp³-hybridized carbons (Fsp3) is 0.0370. The summed E-state index contributed by atoms with van der Waals surface area (Å²) in [6, 6.07) is 72.3. The van der Waals surface area contributed by atoms with Gasteiger partial charge in [0.15, 0.2) is 5.82 Å². The molecule has 0 bridgehead atoms. The Kier molecular flexibility index (Phi) is 7.95. The normalized spacial score (nSPS) is 12.8. The van der Waals surface area contributed by atoms with Crippen molar-refractivity contribution in [2.75, 3.05) is 0 Å². The summed E-state index contributed by atoms with van der Waals surface area (Å²) in [4.78, 5) is 10.7. The van der Waals surface area contributed by atoms with E-state index in [-0.39, 0.29) is 0 Å². The van der Waals surface area contributed by atoms with Gasteiger partial charge in [-0.3, -0.25) is 0 Å². The lowest BCUT2D eigenvalue weighted by Crippen LogP contribution is -2.50. The first-order chi connectivity index (χ1) is 28.5. The fourth-order valence-electron chi connectivity index (χ4n) is 9.16. The highest BCUT2D eigenvalue weighted by Gasteiger charge is 2.41. The molecule has 0 N–H and O–H groups in total. The number of benzene rings is 8. The minimum absolute atomic E-state index is 0.785. The fourth-order valence-corrected chi connectivity index (χ4v) is 12.1. The molecule has 58 heavy (non-hydrogen) atoms. The first-order valence-corrected chi connectivity index (χ1v) is 23.0. The minimum atomic E-state index is -2.07. The lowest BCUT2D eigenvalue weighted by molar-refractivity contribution is 1.18. The maximum atomic E-state index is 5.38. The number of rotatable bonds is 6. The van der Waals surface area contributed by atoms with Gasteiger partial charge in [0.05, 0.1) is 16.7 Å². The quantitative estimate of drug-likeness (QED) is 0.158. The van der Waals surface area contributed by atoms with E-state index in [0.29, 0.717) is 0 Å². The van der Waals surface area contributed by atoms with Crippen molar-refractivity contribution < 1.29 is 0 Å². The van der Waals surface area contributed by atoms with E-state index >= 15 is 0 Å². The summed E-state index contributed by atoms with van der Waals surface area (Å²) in [5.74, 6) is 0.785. The molecule has 0 unspecified atom stereocenters. The Hall–Kier alpha value is -7.14. The van der Waals surface area contributed by atoms with Gasteiger partial charge in [-0.2, -0.15) is 0 Å². The Bertz CT molecular complexity index is 3180. The van der Waals surface area contributed by atoms with Crippen molar-refractivity contribution in [3.63, 3.8) is 0 Å². The summed E-state index contributed by atoms with van der Waals surface area (Å²) in [5.41, 5.74) is 16.3. The third kappa shape index (κ3) is 5.48. The van der Waals surface area contributed by atoms with Gasteiger partial charge in [0.2, 0.25) is 0 Å². The van der Waals surface area contributed by atoms with E-state index in [1.807, 2.05) is 6.07 Å². The van der Waals surface area contributed by atoms with Gasteiger partial charge in [-0.15, -0.1) is 0 Å². The standard InChI is InChI=1S/C54H39N3Si/c1-58(2)49-30-13-12-27-45(49)51-52(55-53(56-54(51)58)37-19-8-4-9-20-37)42-24-15-22-39(34-42)38-21-14-23-41(33-38)44-28-16-29-48-50(44)46-35-40(36-17-6-3-7-18-36)31-32-47(46)57(48)43-25-10-5-11-26-43/h3-35H,1-2H3. The van der Waals surface area contributed by atoms with E-state index in [0.717, 1.165) is 39.5 Å². The van der Waals surface area contributed by atoms with Gasteiger partial charge in [-0.05, 0) is 86.6 Å². The van der Waals surface area contributed by atoms with Gasteiger partial charge in [-0.1, -0.05) is 171 Å². The maximum absolute atomic E-state index is 5.38. The number of fused-ring (bicyclic) bond motifs is 6. The van der Waals surface area contributed by atoms with Crippen LogP contribution in [0.1, 0.15) is 0 Å². The van der Waals surface area contributed by atoms with Gasteiger partial charge in [0.1, 0.15) is 8.07 Å². The third-order valence-electron chi connectivity index (χ3n) is 12.0. The summed E-state index contributed by atoms with van der Waals surface area (Å²) in [7, 11) is -2.07. The van der Waals surface area contributed by atoms with Gasteiger partial charge >= 0.3 is 0 Å². The Labute approximate surface area is 339 Å². The van der Waals surface area contributed by atoms with Crippen LogP contribution in [0, 0.1) is 0 Å². The molecule has 1 aliphatic rings. The monoisotopic (exact) mass is 757 g/mol. The lowest BCUT2D eigenvalue weighted by atomic mass is 9.93. The van der Waals surface area contributed by atoms with Gasteiger partial charge in [0, 0.05) is 38.5 Å². The molecule has 0 saturated heterocycles. The number of aromatic nitrogens is 3. The molecule has 11 rings (SSSR count). The smallest absolute Gasteiger partial charge is 0.159 e. The van der Waals surface area contributed by atoms with Crippen LogP contribution < -0.4 is 10.5 Å². The highest BCUT2D eigenvalue weighted by atomic mass is 28.3. The Morgan fingerprint density at radius 1 is 0.414 bits per heavy atom. The van der Waals surface area contributed by atoms with Crippen LogP contribution in [0.5, 0.6) is 0 Å². The minimum Gasteiger partial charge on any atom is -0.309 e. The zero-order valence-corrected chi connectivity index (χ0v) is 33.4.